The minimum absolute atomic E-state index is 0.152. The summed E-state index contributed by atoms with van der Waals surface area (Å²) in [5.41, 5.74) is 2.86. The zero-order chi connectivity index (χ0) is 21.2. The van der Waals surface area contributed by atoms with Crippen LogP contribution in [0.15, 0.2) is 12.1 Å². The van der Waals surface area contributed by atoms with Gasteiger partial charge in [0.25, 0.3) is 5.91 Å². The van der Waals surface area contributed by atoms with Crippen LogP contribution in [0.4, 0.5) is 5.69 Å². The summed E-state index contributed by atoms with van der Waals surface area (Å²) in [7, 11) is 1.46. The lowest BCUT2D eigenvalue weighted by Crippen LogP contribution is -2.30. The molecule has 8 heteroatoms. The first-order valence-corrected chi connectivity index (χ1v) is 9.00. The second-order valence-electron chi connectivity index (χ2n) is 6.52. The molecule has 1 amide bonds. The molecule has 2 aromatic rings. The van der Waals surface area contributed by atoms with Crippen molar-refractivity contribution in [2.75, 3.05) is 12.4 Å². The number of ether oxygens (including phenoxy) is 2. The lowest BCUT2D eigenvalue weighted by atomic mass is 10.1. The van der Waals surface area contributed by atoms with Gasteiger partial charge in [-0.15, -0.1) is 0 Å². The summed E-state index contributed by atoms with van der Waals surface area (Å²) in [6, 6.07) is 3.27. The van der Waals surface area contributed by atoms with Crippen molar-refractivity contribution in [3.05, 3.63) is 45.2 Å². The van der Waals surface area contributed by atoms with Crippen LogP contribution >= 0.6 is 11.6 Å². The number of H-pyrrole nitrogens is 1. The Morgan fingerprint density at radius 2 is 1.82 bits per heavy atom. The number of nitrogens with one attached hydrogen (secondary N) is 2. The molecule has 28 heavy (non-hydrogen) atoms. The Labute approximate surface area is 168 Å². The second-order valence-corrected chi connectivity index (χ2v) is 6.93. The van der Waals surface area contributed by atoms with E-state index in [9.17, 15) is 14.4 Å². The van der Waals surface area contributed by atoms with E-state index in [2.05, 4.69) is 10.3 Å². The van der Waals surface area contributed by atoms with Gasteiger partial charge in [0.1, 0.15) is 11.4 Å². The molecule has 0 saturated carbocycles. The molecule has 0 radical (unpaired) electrons. The van der Waals surface area contributed by atoms with Gasteiger partial charge in [0.15, 0.2) is 11.9 Å². The van der Waals surface area contributed by atoms with Crippen LogP contribution in [0.2, 0.25) is 5.02 Å². The van der Waals surface area contributed by atoms with E-state index in [0.29, 0.717) is 33.3 Å². The molecule has 7 nitrogen and oxygen atoms in total. The molecule has 1 aromatic carbocycles. The van der Waals surface area contributed by atoms with E-state index in [-0.39, 0.29) is 11.5 Å². The van der Waals surface area contributed by atoms with E-state index in [1.807, 2.05) is 0 Å². The topological polar surface area (TPSA) is 97.5 Å². The Kier molecular flexibility index (Phi) is 6.51. The number of Topliss-reactive ketones (excluding diaryl/α,β-unsaturated/α-hetero) is 1. The molecule has 0 spiro atoms. The summed E-state index contributed by atoms with van der Waals surface area (Å²) in [6.45, 7) is 8.04. The van der Waals surface area contributed by atoms with Crippen LogP contribution in [0, 0.1) is 20.8 Å². The van der Waals surface area contributed by atoms with Crippen molar-refractivity contribution in [3.63, 3.8) is 0 Å². The summed E-state index contributed by atoms with van der Waals surface area (Å²) in [4.78, 5) is 39.5. The van der Waals surface area contributed by atoms with Crippen molar-refractivity contribution in [2.24, 2.45) is 0 Å². The molecule has 150 valence electrons. The first-order chi connectivity index (χ1) is 13.1. The van der Waals surface area contributed by atoms with Gasteiger partial charge in [-0.05, 0) is 51.8 Å². The van der Waals surface area contributed by atoms with E-state index >= 15 is 0 Å². The molecule has 2 N–H and O–H groups in total. The molecular weight excluding hydrogens is 384 g/mol. The number of aryl methyl sites for hydroxylation is 2. The van der Waals surface area contributed by atoms with E-state index in [1.54, 1.807) is 32.9 Å². The zero-order valence-electron chi connectivity index (χ0n) is 16.7. The van der Waals surface area contributed by atoms with Crippen LogP contribution in [0.3, 0.4) is 0 Å². The number of benzene rings is 1. The van der Waals surface area contributed by atoms with Crippen molar-refractivity contribution >= 4 is 34.9 Å². The Balaban J connectivity index is 2.15. The highest BCUT2D eigenvalue weighted by molar-refractivity contribution is 6.31. The highest BCUT2D eigenvalue weighted by Gasteiger charge is 2.25. The van der Waals surface area contributed by atoms with Crippen LogP contribution in [0.1, 0.15) is 51.5 Å². The molecule has 1 atom stereocenters. The molecule has 0 saturated heterocycles. The first-order valence-electron chi connectivity index (χ1n) is 8.62. The van der Waals surface area contributed by atoms with Gasteiger partial charge in [-0.2, -0.15) is 0 Å². The maximum Gasteiger partial charge on any atom is 0.355 e. The van der Waals surface area contributed by atoms with Crippen LogP contribution < -0.4 is 10.1 Å². The third-order valence-corrected chi connectivity index (χ3v) is 4.79. The Hall–Kier alpha value is -2.80. The fourth-order valence-electron chi connectivity index (χ4n) is 2.92. The van der Waals surface area contributed by atoms with E-state index in [0.717, 1.165) is 5.56 Å². The van der Waals surface area contributed by atoms with Crippen LogP contribution in [0.5, 0.6) is 5.75 Å². The molecule has 0 unspecified atom stereocenters. The van der Waals surface area contributed by atoms with Crippen molar-refractivity contribution in [2.45, 2.75) is 40.7 Å². The third-order valence-electron chi connectivity index (χ3n) is 4.39. The Bertz CT molecular complexity index is 949. The first kappa shape index (κ1) is 21.5. The average molecular weight is 407 g/mol. The SMILES string of the molecule is COc1cc(Cl)c(C)cc1NC(=O)[C@@H](C)OC(=O)c1[nH]c(C)c(C(C)=O)c1C. The normalized spacial score (nSPS) is 11.7. The number of hydrogen-bond donors (Lipinski definition) is 2. The molecule has 1 heterocycles. The number of anilines is 1. The minimum Gasteiger partial charge on any atom is -0.495 e. The van der Waals surface area contributed by atoms with E-state index < -0.39 is 18.0 Å². The standard InChI is InChI=1S/C20H23ClN2O5/c1-9-7-15(16(27-6)8-14(9)21)23-19(25)13(5)28-20(26)18-10(2)17(12(4)24)11(3)22-18/h7-8,13,22H,1-6H3,(H,23,25)/t13-/m1/s1. The predicted molar refractivity (Wildman–Crippen MR) is 107 cm³/mol. The zero-order valence-corrected chi connectivity index (χ0v) is 17.4. The molecule has 1 aromatic heterocycles. The quantitative estimate of drug-likeness (QED) is 0.558. The molecular formula is C20H23ClN2O5. The van der Waals surface area contributed by atoms with Gasteiger partial charge in [0, 0.05) is 22.3 Å². The third kappa shape index (κ3) is 4.36. The number of aromatic amines is 1. The second kappa shape index (κ2) is 8.48. The summed E-state index contributed by atoms with van der Waals surface area (Å²) in [6.07, 6.45) is -1.07. The molecule has 0 aliphatic rings. The predicted octanol–water partition coefficient (Wildman–Crippen LogP) is 3.99. The summed E-state index contributed by atoms with van der Waals surface area (Å²) >= 11 is 6.06. The number of amides is 1. The lowest BCUT2D eigenvalue weighted by Gasteiger charge is -2.16. The van der Waals surface area contributed by atoms with E-state index in [4.69, 9.17) is 21.1 Å². The van der Waals surface area contributed by atoms with Gasteiger partial charge < -0.3 is 19.8 Å². The number of halogens is 1. The summed E-state index contributed by atoms with van der Waals surface area (Å²) in [5, 5.41) is 3.18. The number of hydrogen-bond acceptors (Lipinski definition) is 5. The number of carbonyl (C=O) groups is 3. The van der Waals surface area contributed by atoms with Crippen molar-refractivity contribution in [1.82, 2.24) is 4.98 Å². The van der Waals surface area contributed by atoms with Crippen LogP contribution in [-0.2, 0) is 9.53 Å². The number of aromatic nitrogens is 1. The lowest BCUT2D eigenvalue weighted by molar-refractivity contribution is -0.123. The highest BCUT2D eigenvalue weighted by Crippen LogP contribution is 2.31. The fraction of sp³-hybridized carbons (Fsp3) is 0.350. The van der Waals surface area contributed by atoms with Crippen molar-refractivity contribution in [1.29, 1.82) is 0 Å². The van der Waals surface area contributed by atoms with Gasteiger partial charge in [-0.1, -0.05) is 11.6 Å². The van der Waals surface area contributed by atoms with E-state index in [1.165, 1.54) is 21.0 Å². The molecule has 0 aliphatic carbocycles. The van der Waals surface area contributed by atoms with Gasteiger partial charge in [-0.3, -0.25) is 9.59 Å². The molecule has 0 fully saturated rings. The maximum atomic E-state index is 12.5. The smallest absolute Gasteiger partial charge is 0.355 e. The molecule has 0 aliphatic heterocycles. The van der Waals surface area contributed by atoms with Crippen LogP contribution in [0.25, 0.3) is 0 Å². The number of carbonyl (C=O) groups excluding carboxylic acids is 3. The molecule has 0 bridgehead atoms. The Morgan fingerprint density at radius 1 is 1.18 bits per heavy atom. The van der Waals surface area contributed by atoms with Gasteiger partial charge in [-0.25, -0.2) is 4.79 Å². The summed E-state index contributed by atoms with van der Waals surface area (Å²) in [5.74, 6) is -0.998. The van der Waals surface area contributed by atoms with Gasteiger partial charge >= 0.3 is 5.97 Å². The maximum absolute atomic E-state index is 12.5. The van der Waals surface area contributed by atoms with Crippen LogP contribution in [-0.4, -0.2) is 35.9 Å². The minimum atomic E-state index is -1.07. The van der Waals surface area contributed by atoms with Crippen molar-refractivity contribution in [3.8, 4) is 5.75 Å². The number of methoxy groups -OCH3 is 1. The highest BCUT2D eigenvalue weighted by atomic mass is 35.5. The number of rotatable bonds is 6. The number of ketones is 1. The monoisotopic (exact) mass is 406 g/mol. The fourth-order valence-corrected chi connectivity index (χ4v) is 3.07. The van der Waals surface area contributed by atoms with Gasteiger partial charge in [0.2, 0.25) is 0 Å². The Morgan fingerprint density at radius 3 is 2.36 bits per heavy atom. The largest absolute Gasteiger partial charge is 0.495 e. The van der Waals surface area contributed by atoms with Gasteiger partial charge in [0.05, 0.1) is 12.8 Å². The van der Waals surface area contributed by atoms with Crippen molar-refractivity contribution < 1.29 is 23.9 Å². The average Bonchev–Trinajstić information content (AvgIpc) is 2.92. The molecule has 2 rings (SSSR count). The summed E-state index contributed by atoms with van der Waals surface area (Å²) < 4.78 is 10.5. The number of esters is 1.